The van der Waals surface area contributed by atoms with Crippen molar-refractivity contribution in [1.82, 2.24) is 10.2 Å². The summed E-state index contributed by atoms with van der Waals surface area (Å²) in [5.41, 5.74) is 1.34. The molecule has 0 spiro atoms. The Balaban J connectivity index is 2.23. The molecule has 0 saturated heterocycles. The summed E-state index contributed by atoms with van der Waals surface area (Å²) in [7, 11) is 0. The first-order valence-corrected chi connectivity index (χ1v) is 6.89. The third-order valence-electron chi connectivity index (χ3n) is 3.48. The zero-order valence-electron chi connectivity index (χ0n) is 11.1. The molecule has 0 unspecified atom stereocenters. The first kappa shape index (κ1) is 13.7. The molecule has 0 radical (unpaired) electrons. The Hall–Kier alpha value is -0.340. The molecule has 1 aliphatic rings. The van der Waals surface area contributed by atoms with Gasteiger partial charge in [0.1, 0.15) is 0 Å². The summed E-state index contributed by atoms with van der Waals surface area (Å²) in [5, 5.41) is 3.43. The van der Waals surface area contributed by atoms with Gasteiger partial charge in [0.25, 0.3) is 0 Å². The van der Waals surface area contributed by atoms with Gasteiger partial charge in [-0.25, -0.2) is 0 Å². The van der Waals surface area contributed by atoms with E-state index in [9.17, 15) is 0 Å². The molecule has 0 atom stereocenters. The fourth-order valence-corrected chi connectivity index (χ4v) is 2.55. The van der Waals surface area contributed by atoms with Crippen LogP contribution in [0.4, 0.5) is 0 Å². The van der Waals surface area contributed by atoms with E-state index in [0.717, 1.165) is 32.2 Å². The Morgan fingerprint density at radius 3 is 2.56 bits per heavy atom. The first-order chi connectivity index (χ1) is 7.77. The van der Waals surface area contributed by atoms with Crippen LogP contribution >= 0.6 is 0 Å². The predicted molar refractivity (Wildman–Crippen MR) is 71.8 cm³/mol. The fraction of sp³-hybridized carbons (Fsp3) is 0.857. The number of rotatable bonds is 8. The van der Waals surface area contributed by atoms with Crippen LogP contribution in [0.3, 0.4) is 0 Å². The van der Waals surface area contributed by atoms with Gasteiger partial charge in [0.15, 0.2) is 0 Å². The highest BCUT2D eigenvalue weighted by Gasteiger charge is 2.21. The van der Waals surface area contributed by atoms with E-state index >= 15 is 0 Å². The Labute approximate surface area is 101 Å². The molecule has 1 fully saturated rings. The van der Waals surface area contributed by atoms with Gasteiger partial charge in [-0.15, -0.1) is 0 Å². The average molecular weight is 224 g/mol. The smallest absolute Gasteiger partial charge is 0.0205 e. The quantitative estimate of drug-likeness (QED) is 0.504. The molecule has 94 valence electrons. The molecule has 0 bridgehead atoms. The number of hydrogen-bond acceptors (Lipinski definition) is 2. The SMILES string of the molecule is C=C(CNCCC)CN(CC)C1CCCC1. The summed E-state index contributed by atoms with van der Waals surface area (Å²) in [6.07, 6.45) is 6.82. The van der Waals surface area contributed by atoms with Gasteiger partial charge in [0, 0.05) is 19.1 Å². The molecule has 1 rings (SSSR count). The van der Waals surface area contributed by atoms with Crippen LogP contribution in [0.5, 0.6) is 0 Å². The maximum atomic E-state index is 4.18. The molecule has 2 nitrogen and oxygen atoms in total. The second-order valence-corrected chi connectivity index (χ2v) is 4.93. The largest absolute Gasteiger partial charge is 0.313 e. The summed E-state index contributed by atoms with van der Waals surface area (Å²) in [6, 6.07) is 0.827. The molecular formula is C14H28N2. The fourth-order valence-electron chi connectivity index (χ4n) is 2.55. The topological polar surface area (TPSA) is 15.3 Å². The third kappa shape index (κ3) is 4.67. The van der Waals surface area contributed by atoms with Crippen LogP contribution in [0.2, 0.25) is 0 Å². The second-order valence-electron chi connectivity index (χ2n) is 4.93. The van der Waals surface area contributed by atoms with Crippen molar-refractivity contribution in [3.8, 4) is 0 Å². The van der Waals surface area contributed by atoms with Gasteiger partial charge in [-0.05, 0) is 37.9 Å². The molecule has 0 heterocycles. The van der Waals surface area contributed by atoms with Crippen LogP contribution in [0.25, 0.3) is 0 Å². The Kier molecular flexibility index (Phi) is 6.74. The molecule has 0 aromatic heterocycles. The third-order valence-corrected chi connectivity index (χ3v) is 3.48. The minimum Gasteiger partial charge on any atom is -0.313 e. The maximum absolute atomic E-state index is 4.18. The molecule has 1 saturated carbocycles. The summed E-state index contributed by atoms with van der Waals surface area (Å²) < 4.78 is 0. The molecule has 0 aliphatic heterocycles. The molecule has 16 heavy (non-hydrogen) atoms. The van der Waals surface area contributed by atoms with Gasteiger partial charge in [-0.3, -0.25) is 4.90 Å². The lowest BCUT2D eigenvalue weighted by Crippen LogP contribution is -2.36. The standard InChI is InChI=1S/C14H28N2/c1-4-10-15-11-13(3)12-16(5-2)14-8-6-7-9-14/h14-15H,3-12H2,1-2H3. The number of hydrogen-bond donors (Lipinski definition) is 1. The van der Waals surface area contributed by atoms with Crippen molar-refractivity contribution in [3.05, 3.63) is 12.2 Å². The van der Waals surface area contributed by atoms with Gasteiger partial charge in [0.05, 0.1) is 0 Å². The van der Waals surface area contributed by atoms with Gasteiger partial charge >= 0.3 is 0 Å². The van der Waals surface area contributed by atoms with Crippen LogP contribution in [0, 0.1) is 0 Å². The van der Waals surface area contributed by atoms with Crippen molar-refractivity contribution < 1.29 is 0 Å². The Bertz CT molecular complexity index is 195. The number of nitrogens with one attached hydrogen (secondary N) is 1. The van der Waals surface area contributed by atoms with Crippen LogP contribution in [-0.4, -0.2) is 37.1 Å². The minimum atomic E-state index is 0.827. The van der Waals surface area contributed by atoms with E-state index in [-0.39, 0.29) is 0 Å². The first-order valence-electron chi connectivity index (χ1n) is 6.89. The minimum absolute atomic E-state index is 0.827. The summed E-state index contributed by atoms with van der Waals surface area (Å²) >= 11 is 0. The van der Waals surface area contributed by atoms with Gasteiger partial charge in [-0.2, -0.15) is 0 Å². The van der Waals surface area contributed by atoms with Crippen LogP contribution < -0.4 is 5.32 Å². The number of nitrogens with zero attached hydrogens (tertiary/aromatic N) is 1. The van der Waals surface area contributed by atoms with Crippen molar-refractivity contribution in [2.75, 3.05) is 26.2 Å². The highest BCUT2D eigenvalue weighted by Crippen LogP contribution is 2.23. The second kappa shape index (κ2) is 7.86. The molecule has 0 aromatic carbocycles. The van der Waals surface area contributed by atoms with Crippen molar-refractivity contribution in [1.29, 1.82) is 0 Å². The van der Waals surface area contributed by atoms with Crippen molar-refractivity contribution in [3.63, 3.8) is 0 Å². The van der Waals surface area contributed by atoms with E-state index in [1.54, 1.807) is 0 Å². The predicted octanol–water partition coefficient (Wildman–Crippen LogP) is 2.81. The van der Waals surface area contributed by atoms with Crippen molar-refractivity contribution in [2.24, 2.45) is 0 Å². The van der Waals surface area contributed by atoms with E-state index in [0.29, 0.717) is 0 Å². The summed E-state index contributed by atoms with van der Waals surface area (Å²) in [6.45, 7) is 13.0. The molecule has 2 heteroatoms. The average Bonchev–Trinajstić information content (AvgIpc) is 2.79. The van der Waals surface area contributed by atoms with E-state index < -0.39 is 0 Å². The van der Waals surface area contributed by atoms with Gasteiger partial charge < -0.3 is 5.32 Å². The maximum Gasteiger partial charge on any atom is 0.0205 e. The van der Waals surface area contributed by atoms with E-state index in [1.165, 1.54) is 37.7 Å². The van der Waals surface area contributed by atoms with E-state index in [4.69, 9.17) is 0 Å². The molecule has 0 amide bonds. The highest BCUT2D eigenvalue weighted by atomic mass is 15.2. The van der Waals surface area contributed by atoms with Crippen LogP contribution in [0.1, 0.15) is 46.0 Å². The van der Waals surface area contributed by atoms with Crippen molar-refractivity contribution in [2.45, 2.75) is 52.0 Å². The Morgan fingerprint density at radius 2 is 2.00 bits per heavy atom. The number of likely N-dealkylation sites (N-methyl/N-ethyl adjacent to an activating group) is 1. The zero-order chi connectivity index (χ0) is 11.8. The lowest BCUT2D eigenvalue weighted by atomic mass is 10.1. The van der Waals surface area contributed by atoms with Crippen LogP contribution in [0.15, 0.2) is 12.2 Å². The normalized spacial score (nSPS) is 17.2. The zero-order valence-corrected chi connectivity index (χ0v) is 11.1. The molecular weight excluding hydrogens is 196 g/mol. The Morgan fingerprint density at radius 1 is 1.31 bits per heavy atom. The summed E-state index contributed by atoms with van der Waals surface area (Å²) in [5.74, 6) is 0. The van der Waals surface area contributed by atoms with Crippen molar-refractivity contribution >= 4 is 0 Å². The van der Waals surface area contributed by atoms with Gasteiger partial charge in [0.2, 0.25) is 0 Å². The molecule has 0 aromatic rings. The molecule has 1 aliphatic carbocycles. The highest BCUT2D eigenvalue weighted by molar-refractivity contribution is 5.01. The monoisotopic (exact) mass is 224 g/mol. The lowest BCUT2D eigenvalue weighted by molar-refractivity contribution is 0.225. The summed E-state index contributed by atoms with van der Waals surface area (Å²) in [4.78, 5) is 2.60. The van der Waals surface area contributed by atoms with Gasteiger partial charge in [-0.1, -0.05) is 33.3 Å². The van der Waals surface area contributed by atoms with E-state index in [2.05, 4.69) is 30.6 Å². The van der Waals surface area contributed by atoms with Crippen LogP contribution in [-0.2, 0) is 0 Å². The lowest BCUT2D eigenvalue weighted by Gasteiger charge is -2.28. The van der Waals surface area contributed by atoms with E-state index in [1.807, 2.05) is 0 Å². The molecule has 1 N–H and O–H groups in total.